The molecule has 3 nitrogen and oxygen atoms in total. The second-order valence-corrected chi connectivity index (χ2v) is 4.98. The van der Waals surface area contributed by atoms with Gasteiger partial charge in [0, 0.05) is 21.8 Å². The molecule has 0 fully saturated rings. The molecule has 0 aliphatic heterocycles. The van der Waals surface area contributed by atoms with Crippen LogP contribution in [0.2, 0.25) is 15.1 Å². The van der Waals surface area contributed by atoms with E-state index in [9.17, 15) is 4.79 Å². The second-order valence-electron chi connectivity index (χ2n) is 3.70. The quantitative estimate of drug-likeness (QED) is 0.766. The van der Waals surface area contributed by atoms with Gasteiger partial charge >= 0.3 is 5.97 Å². The fourth-order valence-corrected chi connectivity index (χ4v) is 2.33. The first-order valence-electron chi connectivity index (χ1n) is 5.21. The van der Waals surface area contributed by atoms with Crippen molar-refractivity contribution in [1.29, 1.82) is 0 Å². The number of rotatable bonds is 2. The van der Waals surface area contributed by atoms with Crippen LogP contribution in [0.4, 0.5) is 0 Å². The van der Waals surface area contributed by atoms with Gasteiger partial charge in [-0.05, 0) is 29.8 Å². The van der Waals surface area contributed by atoms with Gasteiger partial charge in [0.05, 0.1) is 12.1 Å². The van der Waals surface area contributed by atoms with Crippen molar-refractivity contribution in [3.05, 3.63) is 51.2 Å². The van der Waals surface area contributed by atoms with E-state index in [0.717, 1.165) is 5.56 Å². The molecule has 0 saturated carbocycles. The van der Waals surface area contributed by atoms with Crippen LogP contribution in [0.5, 0.6) is 0 Å². The van der Waals surface area contributed by atoms with Gasteiger partial charge < -0.3 is 4.74 Å². The highest BCUT2D eigenvalue weighted by Gasteiger charge is 2.13. The van der Waals surface area contributed by atoms with Crippen LogP contribution in [-0.2, 0) is 4.74 Å². The molecule has 19 heavy (non-hydrogen) atoms. The summed E-state index contributed by atoms with van der Waals surface area (Å²) in [4.78, 5) is 15.4. The van der Waals surface area contributed by atoms with Gasteiger partial charge in [-0.15, -0.1) is 0 Å². The molecule has 0 unspecified atom stereocenters. The zero-order valence-electron chi connectivity index (χ0n) is 9.78. The van der Waals surface area contributed by atoms with E-state index in [1.165, 1.54) is 13.3 Å². The van der Waals surface area contributed by atoms with E-state index in [4.69, 9.17) is 34.8 Å². The Morgan fingerprint density at radius 1 is 1.05 bits per heavy atom. The van der Waals surface area contributed by atoms with Crippen molar-refractivity contribution in [2.45, 2.75) is 0 Å². The molecular formula is C13H8Cl3NO2. The number of halogens is 3. The van der Waals surface area contributed by atoms with Gasteiger partial charge in [0.25, 0.3) is 0 Å². The average molecular weight is 317 g/mol. The van der Waals surface area contributed by atoms with E-state index in [1.807, 2.05) is 0 Å². The molecule has 0 aliphatic rings. The number of carbonyl (C=O) groups excluding carboxylic acids is 1. The first-order valence-corrected chi connectivity index (χ1v) is 6.35. The summed E-state index contributed by atoms with van der Waals surface area (Å²) in [7, 11) is 1.27. The molecule has 0 bridgehead atoms. The third-order valence-corrected chi connectivity index (χ3v) is 3.14. The molecule has 6 heteroatoms. The zero-order chi connectivity index (χ0) is 14.0. The van der Waals surface area contributed by atoms with Crippen molar-refractivity contribution in [1.82, 2.24) is 4.98 Å². The number of hydrogen-bond donors (Lipinski definition) is 0. The monoisotopic (exact) mass is 315 g/mol. The van der Waals surface area contributed by atoms with E-state index >= 15 is 0 Å². The third-order valence-electron chi connectivity index (χ3n) is 2.42. The Balaban J connectivity index is 2.47. The molecule has 0 aliphatic carbocycles. The maximum atomic E-state index is 11.4. The molecule has 0 N–H and O–H groups in total. The van der Waals surface area contributed by atoms with Crippen LogP contribution in [0.3, 0.4) is 0 Å². The maximum absolute atomic E-state index is 11.4. The summed E-state index contributed by atoms with van der Waals surface area (Å²) in [5.41, 5.74) is 1.55. The number of methoxy groups -OCH3 is 1. The lowest BCUT2D eigenvalue weighted by atomic mass is 10.1. The maximum Gasteiger partial charge on any atom is 0.358 e. The molecule has 1 heterocycles. The van der Waals surface area contributed by atoms with Crippen LogP contribution in [-0.4, -0.2) is 18.1 Å². The number of pyridine rings is 1. The van der Waals surface area contributed by atoms with E-state index < -0.39 is 5.97 Å². The normalized spacial score (nSPS) is 10.3. The van der Waals surface area contributed by atoms with Gasteiger partial charge in [-0.3, -0.25) is 0 Å². The number of aromatic nitrogens is 1. The fraction of sp³-hybridized carbons (Fsp3) is 0.0769. The minimum atomic E-state index is -0.583. The summed E-state index contributed by atoms with van der Waals surface area (Å²) in [5, 5.41) is 1.23. The largest absolute Gasteiger partial charge is 0.464 e. The Bertz CT molecular complexity index is 624. The van der Waals surface area contributed by atoms with Gasteiger partial charge in [0.1, 0.15) is 0 Å². The van der Waals surface area contributed by atoms with Crippen molar-refractivity contribution in [2.24, 2.45) is 0 Å². The molecule has 0 radical (unpaired) electrons. The highest BCUT2D eigenvalue weighted by Crippen LogP contribution is 2.29. The number of hydrogen-bond acceptors (Lipinski definition) is 3. The van der Waals surface area contributed by atoms with Gasteiger partial charge in [-0.1, -0.05) is 34.8 Å². The zero-order valence-corrected chi connectivity index (χ0v) is 12.1. The predicted octanol–water partition coefficient (Wildman–Crippen LogP) is 4.50. The summed E-state index contributed by atoms with van der Waals surface area (Å²) in [6.45, 7) is 0. The summed E-state index contributed by atoms with van der Waals surface area (Å²) < 4.78 is 4.57. The van der Waals surface area contributed by atoms with Crippen LogP contribution < -0.4 is 0 Å². The van der Waals surface area contributed by atoms with Crippen molar-refractivity contribution in [2.75, 3.05) is 7.11 Å². The Morgan fingerprint density at radius 3 is 2.21 bits per heavy atom. The molecule has 0 atom stereocenters. The van der Waals surface area contributed by atoms with Crippen molar-refractivity contribution in [3.8, 4) is 11.1 Å². The molecule has 2 rings (SSSR count). The van der Waals surface area contributed by atoms with Crippen LogP contribution in [0.15, 0.2) is 30.5 Å². The van der Waals surface area contributed by atoms with Gasteiger partial charge in [-0.2, -0.15) is 0 Å². The number of benzene rings is 1. The summed E-state index contributed by atoms with van der Waals surface area (Å²) in [6.07, 6.45) is 1.51. The molecule has 0 saturated heterocycles. The number of carbonyl (C=O) groups is 1. The van der Waals surface area contributed by atoms with Gasteiger partial charge in [-0.25, -0.2) is 9.78 Å². The minimum absolute atomic E-state index is 0.0704. The number of ether oxygens (including phenoxy) is 1. The first kappa shape index (κ1) is 14.1. The third kappa shape index (κ3) is 3.18. The number of nitrogens with zero attached hydrogens (tertiary/aromatic N) is 1. The van der Waals surface area contributed by atoms with E-state index in [1.54, 1.807) is 24.3 Å². The lowest BCUT2D eigenvalue weighted by Gasteiger charge is -2.06. The smallest absolute Gasteiger partial charge is 0.358 e. The lowest BCUT2D eigenvalue weighted by molar-refractivity contribution is 0.0594. The lowest BCUT2D eigenvalue weighted by Crippen LogP contribution is -2.05. The van der Waals surface area contributed by atoms with E-state index in [0.29, 0.717) is 15.6 Å². The van der Waals surface area contributed by atoms with E-state index in [2.05, 4.69) is 9.72 Å². The Hall–Kier alpha value is -1.29. The molecule has 2 aromatic rings. The van der Waals surface area contributed by atoms with Crippen LogP contribution in [0.25, 0.3) is 11.1 Å². The average Bonchev–Trinajstić information content (AvgIpc) is 2.36. The Kier molecular flexibility index (Phi) is 4.30. The predicted molar refractivity (Wildman–Crippen MR) is 76.0 cm³/mol. The SMILES string of the molecule is COC(=O)c1ncc(-c2cc(Cl)cc(Cl)c2)cc1Cl. The summed E-state index contributed by atoms with van der Waals surface area (Å²) >= 11 is 17.9. The number of esters is 1. The minimum Gasteiger partial charge on any atom is -0.464 e. The molecular weight excluding hydrogens is 309 g/mol. The molecule has 1 aromatic carbocycles. The summed E-state index contributed by atoms with van der Waals surface area (Å²) in [6, 6.07) is 6.71. The Labute approximate surface area is 125 Å². The van der Waals surface area contributed by atoms with Crippen molar-refractivity contribution >= 4 is 40.8 Å². The molecule has 98 valence electrons. The highest BCUT2D eigenvalue weighted by molar-refractivity contribution is 6.35. The molecule has 0 amide bonds. The van der Waals surface area contributed by atoms with Crippen molar-refractivity contribution in [3.63, 3.8) is 0 Å². The summed E-state index contributed by atoms with van der Waals surface area (Å²) in [5.74, 6) is -0.583. The van der Waals surface area contributed by atoms with Crippen LogP contribution >= 0.6 is 34.8 Å². The van der Waals surface area contributed by atoms with Crippen LogP contribution in [0, 0.1) is 0 Å². The Morgan fingerprint density at radius 2 is 1.68 bits per heavy atom. The van der Waals surface area contributed by atoms with Crippen LogP contribution in [0.1, 0.15) is 10.5 Å². The van der Waals surface area contributed by atoms with Gasteiger partial charge in [0.15, 0.2) is 5.69 Å². The second kappa shape index (κ2) is 5.78. The highest BCUT2D eigenvalue weighted by atomic mass is 35.5. The molecule has 0 spiro atoms. The first-order chi connectivity index (χ1) is 9.01. The standard InChI is InChI=1S/C13H8Cl3NO2/c1-19-13(18)12-11(16)4-8(6-17-12)7-2-9(14)5-10(15)3-7/h2-6H,1H3. The van der Waals surface area contributed by atoms with Gasteiger partial charge in [0.2, 0.25) is 0 Å². The molecule has 1 aromatic heterocycles. The van der Waals surface area contributed by atoms with Crippen molar-refractivity contribution < 1.29 is 9.53 Å². The fourth-order valence-electron chi connectivity index (χ4n) is 1.56. The van der Waals surface area contributed by atoms with E-state index in [-0.39, 0.29) is 10.7 Å². The topological polar surface area (TPSA) is 39.2 Å².